The zero-order chi connectivity index (χ0) is 31.9. The quantitative estimate of drug-likeness (QED) is 0.257. The average molecular weight is 593 g/mol. The van der Waals surface area contributed by atoms with Crippen molar-refractivity contribution in [3.05, 3.63) is 107 Å². The van der Waals surface area contributed by atoms with Gasteiger partial charge in [-0.2, -0.15) is 0 Å². The molecule has 3 aromatic rings. The Labute approximate surface area is 270 Å². The van der Waals surface area contributed by atoms with Crippen LogP contribution in [0.2, 0.25) is 0 Å². The Bertz CT molecular complexity index is 1250. The number of hydrogen-bond acceptors (Lipinski definition) is 2. The van der Waals surface area contributed by atoms with E-state index in [1.165, 1.54) is 47.9 Å². The lowest BCUT2D eigenvalue weighted by Gasteiger charge is -2.59. The van der Waals surface area contributed by atoms with Crippen LogP contribution < -0.4 is 0 Å². The lowest BCUT2D eigenvalue weighted by atomic mass is 9.65. The topological polar surface area (TPSA) is 6.48 Å². The summed E-state index contributed by atoms with van der Waals surface area (Å²) in [6.07, 6.45) is 4.79. The molecule has 2 heteroatoms. The van der Waals surface area contributed by atoms with Crippen LogP contribution in [0.5, 0.6) is 0 Å². The first-order valence-electron chi connectivity index (χ1n) is 17.4. The molecule has 0 amide bonds. The van der Waals surface area contributed by atoms with Crippen molar-refractivity contribution in [2.45, 2.75) is 142 Å². The van der Waals surface area contributed by atoms with E-state index in [9.17, 15) is 0 Å². The molecule has 0 aliphatic carbocycles. The number of hydrogen-bond donors (Lipinski definition) is 0. The Morgan fingerprint density at radius 3 is 1.11 bits per heavy atom. The summed E-state index contributed by atoms with van der Waals surface area (Å²) in [7, 11) is 0. The predicted octanol–water partition coefficient (Wildman–Crippen LogP) is 10.8. The maximum Gasteiger partial charge on any atom is 0.0244 e. The summed E-state index contributed by atoms with van der Waals surface area (Å²) in [6, 6.07) is 32.1. The number of rotatable bonds is 8. The normalized spacial score (nSPS) is 29.3. The van der Waals surface area contributed by atoms with Gasteiger partial charge in [0.1, 0.15) is 0 Å². The fourth-order valence-corrected chi connectivity index (χ4v) is 9.10. The van der Waals surface area contributed by atoms with Crippen molar-refractivity contribution in [3.63, 3.8) is 0 Å². The van der Waals surface area contributed by atoms with Crippen molar-refractivity contribution in [2.75, 3.05) is 0 Å². The summed E-state index contributed by atoms with van der Waals surface area (Å²) in [4.78, 5) is 5.64. The molecular weight excluding hydrogens is 532 g/mol. The minimum atomic E-state index is 0.116. The molecule has 2 heterocycles. The molecule has 0 saturated carbocycles. The van der Waals surface area contributed by atoms with Crippen LogP contribution in [0.15, 0.2) is 84.9 Å². The summed E-state index contributed by atoms with van der Waals surface area (Å²) < 4.78 is 0. The highest BCUT2D eigenvalue weighted by atomic mass is 15.3. The molecule has 2 aliphatic heterocycles. The molecule has 5 rings (SSSR count). The molecule has 4 unspecified atom stereocenters. The summed E-state index contributed by atoms with van der Waals surface area (Å²) in [5, 5.41) is 0. The highest BCUT2D eigenvalue weighted by Gasteiger charge is 2.51. The van der Waals surface area contributed by atoms with Crippen molar-refractivity contribution in [3.8, 4) is 0 Å². The number of piperidine rings is 2. The molecular formula is C42H60N2. The molecule has 0 spiro atoms. The fourth-order valence-electron chi connectivity index (χ4n) is 9.10. The lowest BCUT2D eigenvalue weighted by molar-refractivity contribution is -0.0778. The average Bonchev–Trinajstić information content (AvgIpc) is 2.97. The van der Waals surface area contributed by atoms with Crippen LogP contribution in [0.1, 0.15) is 129 Å². The van der Waals surface area contributed by atoms with Gasteiger partial charge < -0.3 is 0 Å². The molecule has 2 saturated heterocycles. The molecule has 4 atom stereocenters. The molecule has 0 aromatic heterocycles. The highest BCUT2D eigenvalue weighted by molar-refractivity contribution is 5.32. The summed E-state index contributed by atoms with van der Waals surface area (Å²) in [5.74, 6) is 2.29. The van der Waals surface area contributed by atoms with Gasteiger partial charge in [-0.25, -0.2) is 0 Å². The van der Waals surface area contributed by atoms with E-state index in [4.69, 9.17) is 0 Å². The van der Waals surface area contributed by atoms with E-state index in [2.05, 4.69) is 164 Å². The van der Waals surface area contributed by atoms with Crippen LogP contribution in [0, 0.1) is 11.8 Å². The van der Waals surface area contributed by atoms with Gasteiger partial charge in [-0.05, 0) is 113 Å². The van der Waals surface area contributed by atoms with E-state index < -0.39 is 0 Å². The van der Waals surface area contributed by atoms with Gasteiger partial charge in [0.05, 0.1) is 0 Å². The van der Waals surface area contributed by atoms with E-state index >= 15 is 0 Å². The Hall–Kier alpha value is -2.42. The van der Waals surface area contributed by atoms with Gasteiger partial charge in [0.2, 0.25) is 0 Å². The first-order valence-corrected chi connectivity index (χ1v) is 17.4. The number of likely N-dealkylation sites (tertiary alicyclic amines) is 2. The van der Waals surface area contributed by atoms with E-state index in [1.807, 2.05) is 0 Å². The first kappa shape index (κ1) is 33.0. The number of nitrogens with zero attached hydrogens (tertiary/aromatic N) is 2. The van der Waals surface area contributed by atoms with Crippen LogP contribution in [-0.4, -0.2) is 32.0 Å². The van der Waals surface area contributed by atoms with Crippen LogP contribution in [0.25, 0.3) is 0 Å². The minimum Gasteiger partial charge on any atom is -0.288 e. The summed E-state index contributed by atoms with van der Waals surface area (Å²) >= 11 is 0. The molecule has 0 bridgehead atoms. The molecule has 0 N–H and O–H groups in total. The molecule has 44 heavy (non-hydrogen) atoms. The first-order chi connectivity index (χ1) is 20.7. The van der Waals surface area contributed by atoms with Crippen LogP contribution in [0.3, 0.4) is 0 Å². The van der Waals surface area contributed by atoms with Gasteiger partial charge in [-0.15, -0.1) is 0 Å². The van der Waals surface area contributed by atoms with Crippen molar-refractivity contribution in [1.29, 1.82) is 0 Å². The standard InChI is InChI=1S/C42H60N2/c1-31(2)41(9)27-37(25-39(5,6)43(41)29-33-17-13-11-14-18-33)35-21-23-36(24-22-35)38-26-40(7,8)44(42(10,28-38)32(3)4)30-34-19-15-12-16-20-34/h11-24,31-32,37-38H,25-30H2,1-10H3. The van der Waals surface area contributed by atoms with Crippen molar-refractivity contribution < 1.29 is 0 Å². The highest BCUT2D eigenvalue weighted by Crippen LogP contribution is 2.51. The number of benzene rings is 3. The Kier molecular flexibility index (Phi) is 9.29. The molecule has 2 nitrogen and oxygen atoms in total. The smallest absolute Gasteiger partial charge is 0.0244 e. The van der Waals surface area contributed by atoms with E-state index in [1.54, 1.807) is 0 Å². The van der Waals surface area contributed by atoms with E-state index in [0.717, 1.165) is 13.1 Å². The maximum absolute atomic E-state index is 2.82. The molecule has 0 radical (unpaired) electrons. The van der Waals surface area contributed by atoms with Crippen LogP contribution >= 0.6 is 0 Å². The second kappa shape index (κ2) is 12.4. The largest absolute Gasteiger partial charge is 0.288 e. The second-order valence-corrected chi connectivity index (χ2v) is 16.7. The van der Waals surface area contributed by atoms with Gasteiger partial charge >= 0.3 is 0 Å². The van der Waals surface area contributed by atoms with E-state index in [-0.39, 0.29) is 22.2 Å². The Balaban J connectivity index is 1.37. The Morgan fingerprint density at radius 2 is 0.818 bits per heavy atom. The van der Waals surface area contributed by atoms with Gasteiger partial charge in [0, 0.05) is 35.2 Å². The second-order valence-electron chi connectivity index (χ2n) is 16.7. The van der Waals surface area contributed by atoms with Crippen molar-refractivity contribution in [1.82, 2.24) is 9.80 Å². The Morgan fingerprint density at radius 1 is 0.500 bits per heavy atom. The van der Waals surface area contributed by atoms with Crippen LogP contribution in [-0.2, 0) is 13.1 Å². The maximum atomic E-state index is 2.82. The summed E-state index contributed by atoms with van der Waals surface area (Å²) in [5.41, 5.74) is 6.39. The predicted molar refractivity (Wildman–Crippen MR) is 189 cm³/mol. The zero-order valence-corrected chi connectivity index (χ0v) is 29.5. The molecule has 238 valence electrons. The van der Waals surface area contributed by atoms with Crippen molar-refractivity contribution >= 4 is 0 Å². The third-order valence-electron chi connectivity index (χ3n) is 12.2. The molecule has 2 fully saturated rings. The lowest BCUT2D eigenvalue weighted by Crippen LogP contribution is -2.63. The van der Waals surface area contributed by atoms with Gasteiger partial charge in [-0.1, -0.05) is 113 Å². The summed E-state index contributed by atoms with van der Waals surface area (Å²) in [6.45, 7) is 26.7. The SMILES string of the molecule is CC(C)C1(C)CC(c2ccc(C3CC(C)(C)N(Cc4ccccc4)C(C)(C(C)C)C3)cc2)CC(C)(C)N1Cc1ccccc1. The minimum absolute atomic E-state index is 0.116. The fraction of sp³-hybridized carbons (Fsp3) is 0.571. The van der Waals surface area contributed by atoms with Crippen molar-refractivity contribution in [2.24, 2.45) is 11.8 Å². The third kappa shape index (κ3) is 6.45. The van der Waals surface area contributed by atoms with Gasteiger partial charge in [0.15, 0.2) is 0 Å². The van der Waals surface area contributed by atoms with E-state index in [0.29, 0.717) is 23.7 Å². The monoisotopic (exact) mass is 592 g/mol. The van der Waals surface area contributed by atoms with Gasteiger partial charge in [0.25, 0.3) is 0 Å². The zero-order valence-electron chi connectivity index (χ0n) is 29.5. The van der Waals surface area contributed by atoms with Gasteiger partial charge in [-0.3, -0.25) is 9.80 Å². The molecule has 2 aliphatic rings. The third-order valence-corrected chi connectivity index (χ3v) is 12.2. The van der Waals surface area contributed by atoms with Crippen LogP contribution in [0.4, 0.5) is 0 Å². The molecule has 3 aromatic carbocycles.